The number of amides is 1. The Kier molecular flexibility index (Phi) is 8.52. The molecule has 0 heterocycles. The second-order valence-corrected chi connectivity index (χ2v) is 6.77. The van der Waals surface area contributed by atoms with Crippen LogP contribution in [0, 0.1) is 5.92 Å². The lowest BCUT2D eigenvalue weighted by Gasteiger charge is -2.09. The maximum absolute atomic E-state index is 11.8. The van der Waals surface area contributed by atoms with Crippen molar-refractivity contribution in [3.8, 4) is 0 Å². The average Bonchev–Trinajstić information content (AvgIpc) is 2.70. The highest BCUT2D eigenvalue weighted by atomic mass is 16.7. The monoisotopic (exact) mass is 368 g/mol. The molecular weight excluding hydrogens is 340 g/mol. The van der Waals surface area contributed by atoms with Gasteiger partial charge in [0.2, 0.25) is 0 Å². The first-order chi connectivity index (χ1) is 13.1. The van der Waals surface area contributed by atoms with E-state index in [0.717, 1.165) is 31.2 Å². The van der Waals surface area contributed by atoms with Crippen LogP contribution in [0.2, 0.25) is 0 Å². The van der Waals surface area contributed by atoms with Gasteiger partial charge >= 0.3 is 5.97 Å². The van der Waals surface area contributed by atoms with Crippen molar-refractivity contribution in [1.82, 2.24) is 5.48 Å². The Morgan fingerprint density at radius 3 is 2.07 bits per heavy atom. The van der Waals surface area contributed by atoms with E-state index in [-0.39, 0.29) is 18.9 Å². The number of nitrogens with one attached hydrogen (secondary N) is 1. The molecule has 0 spiro atoms. The predicted octanol–water partition coefficient (Wildman–Crippen LogP) is 2.96. The highest BCUT2D eigenvalue weighted by Crippen LogP contribution is 2.11. The van der Waals surface area contributed by atoms with E-state index in [1.54, 1.807) is 6.92 Å². The van der Waals surface area contributed by atoms with Crippen molar-refractivity contribution >= 4 is 11.9 Å². The third-order valence-electron chi connectivity index (χ3n) is 4.43. The summed E-state index contributed by atoms with van der Waals surface area (Å²) in [6.45, 7) is 1.83. The van der Waals surface area contributed by atoms with Crippen LogP contribution in [0.1, 0.15) is 36.5 Å². The molecule has 0 bridgehead atoms. The largest absolute Gasteiger partial charge is 0.340 e. The summed E-state index contributed by atoms with van der Waals surface area (Å²) in [4.78, 5) is 28.0. The number of rotatable bonds is 9. The van der Waals surface area contributed by atoms with Crippen LogP contribution in [0.25, 0.3) is 0 Å². The van der Waals surface area contributed by atoms with Crippen molar-refractivity contribution in [2.24, 2.45) is 11.7 Å². The average molecular weight is 368 g/mol. The van der Waals surface area contributed by atoms with Crippen molar-refractivity contribution in [3.05, 3.63) is 71.3 Å². The second-order valence-electron chi connectivity index (χ2n) is 6.77. The Balaban J connectivity index is 1.68. The fourth-order valence-corrected chi connectivity index (χ4v) is 2.65. The highest BCUT2D eigenvalue weighted by molar-refractivity contribution is 5.80. The van der Waals surface area contributed by atoms with E-state index in [9.17, 15) is 9.59 Å². The van der Waals surface area contributed by atoms with Gasteiger partial charge in [0, 0.05) is 6.54 Å². The Hall–Kier alpha value is -2.66. The minimum Gasteiger partial charge on any atom is -0.340 e. The molecule has 0 saturated carbocycles. The van der Waals surface area contributed by atoms with E-state index in [1.807, 2.05) is 30.3 Å². The molecule has 0 fully saturated rings. The SMILES string of the molecule is C[C@@H](CN)C(=O)ONC(=O)Cc1ccc(CCCCc2ccccc2)cc1. The molecule has 27 heavy (non-hydrogen) atoms. The normalized spacial score (nSPS) is 11.6. The molecule has 0 aliphatic rings. The molecule has 3 N–H and O–H groups in total. The van der Waals surface area contributed by atoms with Crippen LogP contribution in [-0.2, 0) is 33.7 Å². The fourth-order valence-electron chi connectivity index (χ4n) is 2.65. The third-order valence-corrected chi connectivity index (χ3v) is 4.43. The van der Waals surface area contributed by atoms with Gasteiger partial charge in [-0.15, -0.1) is 0 Å². The van der Waals surface area contributed by atoms with Crippen LogP contribution in [0.15, 0.2) is 54.6 Å². The Labute approximate surface area is 160 Å². The van der Waals surface area contributed by atoms with Gasteiger partial charge in [0.25, 0.3) is 5.91 Å². The summed E-state index contributed by atoms with van der Waals surface area (Å²) in [6.07, 6.45) is 4.57. The zero-order valence-corrected chi connectivity index (χ0v) is 15.8. The maximum atomic E-state index is 11.8. The lowest BCUT2D eigenvalue weighted by atomic mass is 10.0. The lowest BCUT2D eigenvalue weighted by molar-refractivity contribution is -0.161. The third kappa shape index (κ3) is 7.62. The second kappa shape index (κ2) is 11.1. The molecule has 0 radical (unpaired) electrons. The molecule has 1 amide bonds. The van der Waals surface area contributed by atoms with Crippen molar-refractivity contribution in [1.29, 1.82) is 0 Å². The molecule has 2 aromatic carbocycles. The van der Waals surface area contributed by atoms with Crippen LogP contribution in [0.5, 0.6) is 0 Å². The number of hydroxylamine groups is 1. The number of aryl methyl sites for hydroxylation is 2. The fraction of sp³-hybridized carbons (Fsp3) is 0.364. The standard InChI is InChI=1S/C22H28N2O3/c1-17(16-23)22(26)27-24-21(25)15-20-13-11-19(12-14-20)10-6-5-9-18-7-3-2-4-8-18/h2-4,7-8,11-14,17H,5-6,9-10,15-16,23H2,1H3,(H,24,25)/t17-/m0/s1. The molecule has 2 rings (SSSR count). The molecular formula is C22H28N2O3. The van der Waals surface area contributed by atoms with E-state index in [4.69, 9.17) is 10.6 Å². The minimum atomic E-state index is -0.531. The molecule has 0 aliphatic heterocycles. The van der Waals surface area contributed by atoms with Gasteiger partial charge in [0.1, 0.15) is 0 Å². The Morgan fingerprint density at radius 1 is 0.926 bits per heavy atom. The van der Waals surface area contributed by atoms with Crippen molar-refractivity contribution in [2.45, 2.75) is 39.0 Å². The summed E-state index contributed by atoms with van der Waals surface area (Å²) >= 11 is 0. The van der Waals surface area contributed by atoms with Gasteiger partial charge in [0.05, 0.1) is 12.3 Å². The Morgan fingerprint density at radius 2 is 1.48 bits per heavy atom. The first-order valence-electron chi connectivity index (χ1n) is 9.40. The molecule has 5 heteroatoms. The van der Waals surface area contributed by atoms with Gasteiger partial charge in [-0.25, -0.2) is 4.79 Å². The molecule has 0 saturated heterocycles. The first kappa shape index (κ1) is 20.6. The number of hydrogen-bond donors (Lipinski definition) is 2. The summed E-state index contributed by atoms with van der Waals surface area (Å²) in [6, 6.07) is 18.5. The number of benzene rings is 2. The van der Waals surface area contributed by atoms with E-state index >= 15 is 0 Å². The molecule has 144 valence electrons. The lowest BCUT2D eigenvalue weighted by Crippen LogP contribution is -2.33. The van der Waals surface area contributed by atoms with Crippen molar-refractivity contribution < 1.29 is 14.4 Å². The van der Waals surface area contributed by atoms with Crippen LogP contribution in [-0.4, -0.2) is 18.4 Å². The van der Waals surface area contributed by atoms with Gasteiger partial charge in [-0.2, -0.15) is 5.48 Å². The molecule has 0 unspecified atom stereocenters. The van der Waals surface area contributed by atoms with Gasteiger partial charge in [0.15, 0.2) is 0 Å². The van der Waals surface area contributed by atoms with Crippen molar-refractivity contribution in [2.75, 3.05) is 6.54 Å². The van der Waals surface area contributed by atoms with E-state index in [2.05, 4.69) is 29.7 Å². The summed E-state index contributed by atoms with van der Waals surface area (Å²) in [7, 11) is 0. The van der Waals surface area contributed by atoms with Crippen LogP contribution < -0.4 is 11.2 Å². The smallest absolute Gasteiger partial charge is 0.336 e. The van der Waals surface area contributed by atoms with E-state index in [0.29, 0.717) is 0 Å². The molecule has 2 aromatic rings. The molecule has 0 aliphatic carbocycles. The number of unbranched alkanes of at least 4 members (excludes halogenated alkanes) is 1. The van der Waals surface area contributed by atoms with Gasteiger partial charge < -0.3 is 10.6 Å². The number of hydrogen-bond acceptors (Lipinski definition) is 4. The van der Waals surface area contributed by atoms with Crippen LogP contribution in [0.4, 0.5) is 0 Å². The van der Waals surface area contributed by atoms with Crippen LogP contribution >= 0.6 is 0 Å². The van der Waals surface area contributed by atoms with Crippen molar-refractivity contribution in [3.63, 3.8) is 0 Å². The summed E-state index contributed by atoms with van der Waals surface area (Å²) in [5, 5.41) is 0. The number of nitrogens with two attached hydrogens (primary N) is 1. The van der Waals surface area contributed by atoms with Gasteiger partial charge in [-0.05, 0) is 42.4 Å². The van der Waals surface area contributed by atoms with Gasteiger partial charge in [-0.1, -0.05) is 61.5 Å². The van der Waals surface area contributed by atoms with E-state index in [1.165, 1.54) is 11.1 Å². The number of carbonyl (C=O) groups is 2. The van der Waals surface area contributed by atoms with E-state index < -0.39 is 11.9 Å². The maximum Gasteiger partial charge on any atom is 0.336 e. The van der Waals surface area contributed by atoms with Gasteiger partial charge in [-0.3, -0.25) is 4.79 Å². The summed E-state index contributed by atoms with van der Waals surface area (Å²) in [5.41, 5.74) is 11.1. The minimum absolute atomic E-state index is 0.165. The Bertz CT molecular complexity index is 714. The van der Waals surface area contributed by atoms with Crippen LogP contribution in [0.3, 0.4) is 0 Å². The highest BCUT2D eigenvalue weighted by Gasteiger charge is 2.14. The zero-order chi connectivity index (χ0) is 19.5. The quantitative estimate of drug-likeness (QED) is 0.527. The molecule has 5 nitrogen and oxygen atoms in total. The molecule has 1 atom stereocenters. The summed E-state index contributed by atoms with van der Waals surface area (Å²) < 4.78 is 0. The topological polar surface area (TPSA) is 81.4 Å². The zero-order valence-electron chi connectivity index (χ0n) is 15.8. The first-order valence-corrected chi connectivity index (χ1v) is 9.40. The molecule has 0 aromatic heterocycles. The number of carbonyl (C=O) groups excluding carboxylic acids is 2. The summed E-state index contributed by atoms with van der Waals surface area (Å²) in [5.74, 6) is -1.33. The predicted molar refractivity (Wildman–Crippen MR) is 106 cm³/mol.